The van der Waals surface area contributed by atoms with E-state index in [1.807, 2.05) is 0 Å². The van der Waals surface area contributed by atoms with E-state index < -0.39 is 0 Å². The molecule has 1 rings (SSSR count). The molecule has 1 aromatic rings. The molecule has 3 heteroatoms. The van der Waals surface area contributed by atoms with Gasteiger partial charge in [0.25, 0.3) is 0 Å². The fourth-order valence-electron chi connectivity index (χ4n) is 0.453. The van der Waals surface area contributed by atoms with Gasteiger partial charge in [-0.1, -0.05) is 0 Å². The number of hydrogen-bond acceptors (Lipinski definition) is 2. The van der Waals surface area contributed by atoms with E-state index in [4.69, 9.17) is 10.2 Å². The van der Waals surface area contributed by atoms with E-state index in [-0.39, 0.29) is 49.2 Å². The van der Waals surface area contributed by atoms with Crippen molar-refractivity contribution in [3.63, 3.8) is 0 Å². The van der Waals surface area contributed by atoms with Crippen molar-refractivity contribution in [2.45, 2.75) is 0 Å². The second-order valence-corrected chi connectivity index (χ2v) is 1.52. The Morgan fingerprint density at radius 2 is 1.00 bits per heavy atom. The summed E-state index contributed by atoms with van der Waals surface area (Å²) < 4.78 is 0. The molecule has 2 N–H and O–H groups in total. The van der Waals surface area contributed by atoms with Crippen LogP contribution in [-0.2, 0) is 0 Å². The van der Waals surface area contributed by atoms with Crippen molar-refractivity contribution in [1.29, 1.82) is 0 Å². The maximum atomic E-state index is 8.65. The van der Waals surface area contributed by atoms with Crippen LogP contribution in [0.2, 0.25) is 0 Å². The Bertz CT molecular complexity index is 150. The molecule has 0 atom stereocenters. The molecular weight excluding hydrogens is 144 g/mol. The van der Waals surface area contributed by atoms with Crippen molar-refractivity contribution in [2.24, 2.45) is 0 Å². The number of aromatic hydroxyl groups is 2. The van der Waals surface area contributed by atoms with Gasteiger partial charge in [0.15, 0.2) is 0 Å². The smallest absolute Gasteiger partial charge is 0.115 e. The molecule has 0 aliphatic heterocycles. The maximum Gasteiger partial charge on any atom is 0.115 e. The molecule has 0 saturated carbocycles. The van der Waals surface area contributed by atoms with Crippen LogP contribution >= 0.6 is 0 Å². The molecule has 0 aliphatic carbocycles. The van der Waals surface area contributed by atoms with Gasteiger partial charge >= 0.3 is 0 Å². The summed E-state index contributed by atoms with van der Waals surface area (Å²) in [7, 11) is 0. The number of hydrogen-bond donors (Lipinski definition) is 2. The zero-order valence-corrected chi connectivity index (χ0v) is 5.26. The third-order valence-corrected chi connectivity index (χ3v) is 0.850. The molecule has 0 radical (unpaired) electrons. The Labute approximate surface area is 83.1 Å². The van der Waals surface area contributed by atoms with Crippen LogP contribution in [0.25, 0.3) is 0 Å². The molecule has 0 spiro atoms. The first-order valence-electron chi connectivity index (χ1n) is 2.27. The molecule has 0 unspecified atom stereocenters. The largest absolute Gasteiger partial charge is 0.508 e. The van der Waals surface area contributed by atoms with Crippen LogP contribution in [0.5, 0.6) is 11.5 Å². The van der Waals surface area contributed by atoms with E-state index in [0.29, 0.717) is 0 Å². The van der Waals surface area contributed by atoms with E-state index in [1.54, 1.807) is 0 Å². The van der Waals surface area contributed by atoms with Crippen LogP contribution in [-0.4, -0.2) is 10.2 Å². The van der Waals surface area contributed by atoms with Crippen LogP contribution in [0.4, 0.5) is 0 Å². The third-order valence-electron chi connectivity index (χ3n) is 0.850. The van der Waals surface area contributed by atoms with Crippen molar-refractivity contribution in [2.75, 3.05) is 0 Å². The maximum absolute atomic E-state index is 8.65. The first kappa shape index (κ1) is 9.08. The standard InChI is InChI=1S/C6H6O2.Ar/c7-5-1-2-6(8)4-3-5;/h1-4,7-8H;. The average molecular weight is 150 g/mol. The summed E-state index contributed by atoms with van der Waals surface area (Å²) in [5.74, 6) is 0.339. The molecule has 0 aromatic heterocycles. The fourth-order valence-corrected chi connectivity index (χ4v) is 0.453. The van der Waals surface area contributed by atoms with Gasteiger partial charge in [0.1, 0.15) is 11.5 Å². The van der Waals surface area contributed by atoms with Gasteiger partial charge in [-0.25, -0.2) is 0 Å². The van der Waals surface area contributed by atoms with Gasteiger partial charge in [0.05, 0.1) is 0 Å². The van der Waals surface area contributed by atoms with E-state index in [1.165, 1.54) is 24.3 Å². The minimum absolute atomic E-state index is 0. The Kier molecular flexibility index (Phi) is 4.02. The third kappa shape index (κ3) is 2.94. The topological polar surface area (TPSA) is 40.5 Å². The minimum atomic E-state index is 0. The quantitative estimate of drug-likeness (QED) is 0.543. The van der Waals surface area contributed by atoms with Crippen molar-refractivity contribution in [3.05, 3.63) is 24.3 Å². The zero-order chi connectivity index (χ0) is 5.98. The molecule has 0 heterocycles. The van der Waals surface area contributed by atoms with Gasteiger partial charge in [0.2, 0.25) is 0 Å². The Morgan fingerprint density at radius 1 is 0.778 bits per heavy atom. The molecule has 0 bridgehead atoms. The average Bonchev–Trinajstić information content (AvgIpc) is 1.77. The molecule has 0 amide bonds. The van der Waals surface area contributed by atoms with Gasteiger partial charge in [-0.15, -0.1) is 0 Å². The second kappa shape index (κ2) is 3.99. The van der Waals surface area contributed by atoms with Gasteiger partial charge in [-0.05, 0) is 24.3 Å². The number of rotatable bonds is 0. The first-order chi connectivity index (χ1) is 3.79. The van der Waals surface area contributed by atoms with Crippen molar-refractivity contribution >= 4 is 0 Å². The Balaban J connectivity index is 0.000000640. The fraction of sp³-hybridized carbons (Fsp3) is 0. The van der Waals surface area contributed by atoms with Gasteiger partial charge < -0.3 is 10.2 Å². The second-order valence-electron chi connectivity index (χ2n) is 1.52. The summed E-state index contributed by atoms with van der Waals surface area (Å²) in [6.07, 6.45) is 0. The van der Waals surface area contributed by atoms with Crippen LogP contribution in [0.15, 0.2) is 24.3 Å². The van der Waals surface area contributed by atoms with Crippen molar-refractivity contribution in [1.82, 2.24) is 0 Å². The summed E-state index contributed by atoms with van der Waals surface area (Å²) in [6, 6.07) is 5.70. The van der Waals surface area contributed by atoms with Crippen molar-refractivity contribution < 1.29 is 48.0 Å². The molecule has 0 aliphatic rings. The van der Waals surface area contributed by atoms with Gasteiger partial charge in [-0.3, -0.25) is 0 Å². The molecule has 1 aromatic carbocycles. The number of benzene rings is 1. The number of phenols is 2. The van der Waals surface area contributed by atoms with E-state index in [0.717, 1.165) is 0 Å². The summed E-state index contributed by atoms with van der Waals surface area (Å²) in [5, 5.41) is 17.3. The Morgan fingerprint density at radius 3 is 1.22 bits per heavy atom. The monoisotopic (exact) mass is 150 g/mol. The zero-order valence-electron chi connectivity index (χ0n) is 4.56. The van der Waals surface area contributed by atoms with Gasteiger partial charge in [0, 0.05) is 37.7 Å². The van der Waals surface area contributed by atoms with Crippen LogP contribution < -0.4 is 0 Å². The predicted molar refractivity (Wildman–Crippen MR) is 29.8 cm³/mol. The summed E-state index contributed by atoms with van der Waals surface area (Å²) in [5.41, 5.74) is 0. The molecule has 0 saturated heterocycles. The van der Waals surface area contributed by atoms with Gasteiger partial charge in [-0.2, -0.15) is 0 Å². The van der Waals surface area contributed by atoms with Crippen molar-refractivity contribution in [3.8, 4) is 11.5 Å². The van der Waals surface area contributed by atoms with E-state index in [2.05, 4.69) is 0 Å². The number of phenolic OH excluding ortho intramolecular Hbond substituents is 2. The van der Waals surface area contributed by atoms with Crippen LogP contribution in [0.1, 0.15) is 0 Å². The van der Waals surface area contributed by atoms with E-state index in [9.17, 15) is 0 Å². The molecule has 2 nitrogen and oxygen atoms in total. The van der Waals surface area contributed by atoms with Crippen LogP contribution in [0.3, 0.4) is 0 Å². The molecule has 0 fully saturated rings. The summed E-state index contributed by atoms with van der Waals surface area (Å²) in [6.45, 7) is 0. The first-order valence-corrected chi connectivity index (χ1v) is 2.27. The van der Waals surface area contributed by atoms with Crippen LogP contribution in [0, 0.1) is 37.7 Å². The molecule has 50 valence electrons. The molecular formula is C6H6ArO2. The van der Waals surface area contributed by atoms with E-state index >= 15 is 0 Å². The minimum Gasteiger partial charge on any atom is -0.508 e. The summed E-state index contributed by atoms with van der Waals surface area (Å²) >= 11 is 0. The Hall–Kier alpha value is 0.0797. The SMILES string of the molecule is Oc1ccc(O)cc1.[Ar]. The molecule has 9 heavy (non-hydrogen) atoms. The predicted octanol–water partition coefficient (Wildman–Crippen LogP) is 1.10. The summed E-state index contributed by atoms with van der Waals surface area (Å²) in [4.78, 5) is 0. The normalized spacial score (nSPS) is 8.00.